The first-order chi connectivity index (χ1) is 19.6. The molecule has 1 aliphatic heterocycles. The van der Waals surface area contributed by atoms with Crippen molar-refractivity contribution in [1.82, 2.24) is 24.6 Å². The highest BCUT2D eigenvalue weighted by atomic mass is 31.2. The molecule has 2 aromatic heterocycles. The second-order valence-corrected chi connectivity index (χ2v) is 11.2. The first kappa shape index (κ1) is 28.9. The van der Waals surface area contributed by atoms with Crippen LogP contribution in [-0.4, -0.2) is 72.8 Å². The third-order valence-corrected chi connectivity index (χ3v) is 8.41. The van der Waals surface area contributed by atoms with Crippen LogP contribution in [-0.2, 0) is 23.4 Å². The van der Waals surface area contributed by atoms with E-state index in [0.717, 1.165) is 5.39 Å². The number of nitrogen functional groups attached to an aromatic ring is 1. The number of hydrogen-bond donors (Lipinski definition) is 4. The van der Waals surface area contributed by atoms with Gasteiger partial charge in [0, 0.05) is 5.39 Å². The first-order valence-electron chi connectivity index (χ1n) is 13.0. The van der Waals surface area contributed by atoms with Crippen LogP contribution in [0.2, 0.25) is 0 Å². The Morgan fingerprint density at radius 2 is 1.90 bits per heavy atom. The quantitative estimate of drug-likeness (QED) is 0.156. The zero-order valence-corrected chi connectivity index (χ0v) is 23.4. The van der Waals surface area contributed by atoms with E-state index in [1.54, 1.807) is 31.2 Å². The van der Waals surface area contributed by atoms with E-state index in [2.05, 4.69) is 20.0 Å². The molecular formula is C26H31N6O8P. The number of carbonyl (C=O) groups excluding carboxylic acids is 1. The highest BCUT2D eigenvalue weighted by Crippen LogP contribution is 2.49. The van der Waals surface area contributed by atoms with E-state index in [1.165, 1.54) is 31.1 Å². The highest BCUT2D eigenvalue weighted by molar-refractivity contribution is 7.52. The fraction of sp³-hybridized carbons (Fsp3) is 0.385. The molecule has 1 saturated heterocycles. The lowest BCUT2D eigenvalue weighted by Gasteiger charge is -2.29. The zero-order valence-electron chi connectivity index (χ0n) is 22.5. The number of nitrogens with zero attached hydrogens (tertiary/aromatic N) is 4. The van der Waals surface area contributed by atoms with Crippen LogP contribution < -0.4 is 15.3 Å². The normalized spacial score (nSPS) is 23.7. The average molecular weight is 587 g/mol. The topological polar surface area (TPSA) is 193 Å². The molecule has 41 heavy (non-hydrogen) atoms. The Kier molecular flexibility index (Phi) is 8.23. The highest BCUT2D eigenvalue weighted by Gasteiger charge is 2.49. The molecule has 1 fully saturated rings. The van der Waals surface area contributed by atoms with Gasteiger partial charge in [-0.2, -0.15) is 5.09 Å². The lowest BCUT2D eigenvalue weighted by atomic mass is 10.1. The maximum atomic E-state index is 14.2. The van der Waals surface area contributed by atoms with Crippen LogP contribution in [0.4, 0.5) is 5.82 Å². The maximum absolute atomic E-state index is 14.2. The number of aromatic nitrogens is 4. The number of imidazole rings is 1. The summed E-state index contributed by atoms with van der Waals surface area (Å²) in [5.74, 6) is -0.273. The number of aliphatic hydroxyl groups excluding tert-OH is 2. The summed E-state index contributed by atoms with van der Waals surface area (Å²) in [5, 5.41) is 25.9. The van der Waals surface area contributed by atoms with E-state index in [0.29, 0.717) is 10.9 Å². The van der Waals surface area contributed by atoms with Gasteiger partial charge >= 0.3 is 13.7 Å². The number of anilines is 1. The summed E-state index contributed by atoms with van der Waals surface area (Å²) in [6.07, 6.45) is -3.68. The Balaban J connectivity index is 1.42. The summed E-state index contributed by atoms with van der Waals surface area (Å²) in [4.78, 5) is 24.6. The molecular weight excluding hydrogens is 555 g/mol. The molecule has 218 valence electrons. The molecule has 0 bridgehead atoms. The second-order valence-electron chi connectivity index (χ2n) is 9.53. The van der Waals surface area contributed by atoms with E-state index in [1.807, 2.05) is 18.2 Å². The number of hydrogen-bond acceptors (Lipinski definition) is 12. The summed E-state index contributed by atoms with van der Waals surface area (Å²) in [7, 11) is -4.34. The molecule has 7 atom stereocenters. The van der Waals surface area contributed by atoms with Crippen LogP contribution in [0.5, 0.6) is 5.75 Å². The van der Waals surface area contributed by atoms with Crippen molar-refractivity contribution in [3.63, 3.8) is 0 Å². The molecule has 5 unspecified atom stereocenters. The van der Waals surface area contributed by atoms with E-state index in [9.17, 15) is 19.6 Å². The van der Waals surface area contributed by atoms with Crippen molar-refractivity contribution in [1.29, 1.82) is 0 Å². The summed E-state index contributed by atoms with van der Waals surface area (Å²) < 4.78 is 38.5. The van der Waals surface area contributed by atoms with Gasteiger partial charge in [0.15, 0.2) is 17.7 Å². The van der Waals surface area contributed by atoms with Gasteiger partial charge in [-0.25, -0.2) is 19.5 Å². The average Bonchev–Trinajstić information content (AvgIpc) is 3.50. The molecule has 1 aliphatic rings. The lowest BCUT2D eigenvalue weighted by molar-refractivity contribution is -0.144. The molecule has 5 rings (SSSR count). The summed E-state index contributed by atoms with van der Waals surface area (Å²) in [5.41, 5.74) is 6.46. The van der Waals surface area contributed by atoms with Crippen LogP contribution in [0.1, 0.15) is 27.0 Å². The summed E-state index contributed by atoms with van der Waals surface area (Å²) in [6.45, 7) is 4.74. The van der Waals surface area contributed by atoms with Gasteiger partial charge in [-0.05, 0) is 32.2 Å². The number of benzene rings is 2. The van der Waals surface area contributed by atoms with Gasteiger partial charge in [0.2, 0.25) is 0 Å². The molecule has 3 heterocycles. The Hall–Kier alpha value is -3.65. The SMILES string of the molecule is CCOC(=O)C(C)NP(=O)(Oc1cccc2ccccc12)OC(C)[C@H]1O[C@@H](n2cnc3c(N)ncnc32)C(O)C1O. The molecule has 0 aliphatic carbocycles. The molecule has 15 heteroatoms. The van der Waals surface area contributed by atoms with Crippen molar-refractivity contribution in [2.45, 2.75) is 57.5 Å². The van der Waals surface area contributed by atoms with E-state index < -0.39 is 50.4 Å². The number of fused-ring (bicyclic) bond motifs is 2. The van der Waals surface area contributed by atoms with E-state index >= 15 is 0 Å². The monoisotopic (exact) mass is 586 g/mol. The molecule has 14 nitrogen and oxygen atoms in total. The van der Waals surface area contributed by atoms with Gasteiger partial charge < -0.3 is 29.9 Å². The first-order valence-corrected chi connectivity index (χ1v) is 14.5. The van der Waals surface area contributed by atoms with Crippen molar-refractivity contribution in [3.8, 4) is 5.75 Å². The van der Waals surface area contributed by atoms with Crippen LogP contribution in [0.25, 0.3) is 21.9 Å². The maximum Gasteiger partial charge on any atom is 0.459 e. The number of esters is 1. The smallest absolute Gasteiger partial charge is 0.459 e. The minimum atomic E-state index is -4.34. The number of carbonyl (C=O) groups is 1. The third-order valence-electron chi connectivity index (χ3n) is 6.66. The van der Waals surface area contributed by atoms with Crippen LogP contribution in [0, 0.1) is 0 Å². The van der Waals surface area contributed by atoms with Gasteiger partial charge in [0.25, 0.3) is 0 Å². The van der Waals surface area contributed by atoms with Crippen molar-refractivity contribution in [3.05, 3.63) is 55.1 Å². The predicted molar refractivity (Wildman–Crippen MR) is 148 cm³/mol. The number of ether oxygens (including phenoxy) is 2. The molecule has 0 radical (unpaired) electrons. The second kappa shape index (κ2) is 11.7. The molecule has 0 saturated carbocycles. The Morgan fingerprint density at radius 1 is 1.15 bits per heavy atom. The zero-order chi connectivity index (χ0) is 29.3. The van der Waals surface area contributed by atoms with Crippen LogP contribution in [0.3, 0.4) is 0 Å². The molecule has 5 N–H and O–H groups in total. The number of nitrogens with one attached hydrogen (secondary N) is 1. The number of nitrogens with two attached hydrogens (primary N) is 1. The Morgan fingerprint density at radius 3 is 2.68 bits per heavy atom. The van der Waals surface area contributed by atoms with E-state index in [-0.39, 0.29) is 23.8 Å². The van der Waals surface area contributed by atoms with E-state index in [4.69, 9.17) is 24.3 Å². The minimum absolute atomic E-state index is 0.122. The van der Waals surface area contributed by atoms with Crippen molar-refractivity contribution < 1.29 is 38.1 Å². The number of aliphatic hydroxyl groups is 2. The van der Waals surface area contributed by atoms with Gasteiger partial charge in [-0.15, -0.1) is 0 Å². The Labute approximate surface area is 235 Å². The number of rotatable bonds is 10. The van der Waals surface area contributed by atoms with Crippen molar-refractivity contribution in [2.75, 3.05) is 12.3 Å². The minimum Gasteiger partial charge on any atom is -0.465 e. The van der Waals surface area contributed by atoms with Gasteiger partial charge in [0.05, 0.1) is 19.0 Å². The van der Waals surface area contributed by atoms with Crippen LogP contribution in [0.15, 0.2) is 55.1 Å². The molecule has 0 amide bonds. The fourth-order valence-corrected chi connectivity index (χ4v) is 6.39. The largest absolute Gasteiger partial charge is 0.465 e. The molecule has 2 aromatic carbocycles. The standard InChI is InChI=1S/C26H31N6O8P/c1-4-37-26(35)14(2)31-41(36,40-18-11-7-9-16-8-5-6-10-17(16)18)39-15(3)22-20(33)21(34)25(38-22)32-13-30-19-23(27)28-12-29-24(19)32/h5-15,20-22,25,33-34H,4H2,1-3H3,(H,31,36)(H2,27,28,29)/t14?,15?,20?,21?,22-,25-,41?/m1/s1. The van der Waals surface area contributed by atoms with Gasteiger partial charge in [-0.1, -0.05) is 36.4 Å². The predicted octanol–water partition coefficient (Wildman–Crippen LogP) is 2.31. The lowest BCUT2D eigenvalue weighted by Crippen LogP contribution is -2.41. The van der Waals surface area contributed by atoms with Gasteiger partial charge in [-0.3, -0.25) is 13.9 Å². The molecule has 4 aromatic rings. The van der Waals surface area contributed by atoms with Crippen LogP contribution >= 0.6 is 7.75 Å². The Bertz CT molecular complexity index is 1600. The van der Waals surface area contributed by atoms with Crippen molar-refractivity contribution in [2.24, 2.45) is 0 Å². The summed E-state index contributed by atoms with van der Waals surface area (Å²) >= 11 is 0. The van der Waals surface area contributed by atoms with Gasteiger partial charge in [0.1, 0.15) is 41.9 Å². The summed E-state index contributed by atoms with van der Waals surface area (Å²) in [6, 6.07) is 11.5. The molecule has 0 spiro atoms. The third kappa shape index (κ3) is 5.75. The fourth-order valence-electron chi connectivity index (χ4n) is 4.68. The van der Waals surface area contributed by atoms with Crippen molar-refractivity contribution >= 4 is 41.5 Å².